The Balaban J connectivity index is 2.19. The first-order valence-corrected chi connectivity index (χ1v) is 5.36. The molecule has 2 aromatic rings. The summed E-state index contributed by atoms with van der Waals surface area (Å²) in [5, 5.41) is 7.32. The Kier molecular flexibility index (Phi) is 3.01. The fraction of sp³-hybridized carbons (Fsp3) is 0.200. The highest BCUT2D eigenvalue weighted by Gasteiger charge is 2.04. The summed E-state index contributed by atoms with van der Waals surface area (Å²) in [6.07, 6.45) is 3.12. The average Bonchev–Trinajstić information content (AvgIpc) is 2.58. The van der Waals surface area contributed by atoms with Gasteiger partial charge < -0.3 is 11.1 Å². The third kappa shape index (κ3) is 2.56. The molecule has 88 valence electrons. The van der Waals surface area contributed by atoms with Crippen LogP contribution in [-0.2, 0) is 7.05 Å². The third-order valence-corrected chi connectivity index (χ3v) is 2.37. The lowest BCUT2D eigenvalue weighted by atomic mass is 10.4. The molecule has 0 amide bonds. The van der Waals surface area contributed by atoms with Gasteiger partial charge in [-0.05, 0) is 6.92 Å². The van der Waals surface area contributed by atoms with Crippen LogP contribution in [0.5, 0.6) is 0 Å². The number of nitrogens with one attached hydrogen (secondary N) is 1. The fourth-order valence-electron chi connectivity index (χ4n) is 1.38. The molecule has 17 heavy (non-hydrogen) atoms. The first-order valence-electron chi connectivity index (χ1n) is 4.96. The summed E-state index contributed by atoms with van der Waals surface area (Å²) in [4.78, 5) is 8.49. The van der Waals surface area contributed by atoms with Gasteiger partial charge in [0.1, 0.15) is 22.3 Å². The van der Waals surface area contributed by atoms with Crippen molar-refractivity contribution < 1.29 is 0 Å². The highest BCUT2D eigenvalue weighted by molar-refractivity contribution is 7.80. The minimum Gasteiger partial charge on any atom is -0.388 e. The van der Waals surface area contributed by atoms with Gasteiger partial charge in [-0.3, -0.25) is 4.68 Å². The van der Waals surface area contributed by atoms with Crippen molar-refractivity contribution >= 4 is 28.8 Å². The van der Waals surface area contributed by atoms with Crippen molar-refractivity contribution in [1.29, 1.82) is 0 Å². The predicted octanol–water partition coefficient (Wildman–Crippen LogP) is 0.896. The molecule has 0 aromatic carbocycles. The molecule has 0 fully saturated rings. The number of aryl methyl sites for hydroxylation is 2. The van der Waals surface area contributed by atoms with E-state index in [2.05, 4.69) is 20.4 Å². The van der Waals surface area contributed by atoms with E-state index < -0.39 is 0 Å². The van der Waals surface area contributed by atoms with Crippen molar-refractivity contribution in [3.63, 3.8) is 0 Å². The zero-order valence-corrected chi connectivity index (χ0v) is 10.3. The van der Waals surface area contributed by atoms with Gasteiger partial charge in [-0.25, -0.2) is 9.97 Å². The third-order valence-electron chi connectivity index (χ3n) is 2.16. The maximum absolute atomic E-state index is 5.44. The van der Waals surface area contributed by atoms with Crippen LogP contribution in [0.25, 0.3) is 0 Å². The van der Waals surface area contributed by atoms with Crippen LogP contribution >= 0.6 is 12.2 Å². The number of anilines is 2. The molecule has 0 saturated heterocycles. The molecule has 0 atom stereocenters. The minimum absolute atomic E-state index is 0.237. The molecule has 0 aliphatic heterocycles. The largest absolute Gasteiger partial charge is 0.388 e. The van der Waals surface area contributed by atoms with Crippen LogP contribution in [-0.4, -0.2) is 24.7 Å². The molecule has 2 heterocycles. The lowest BCUT2D eigenvalue weighted by Gasteiger charge is -2.05. The van der Waals surface area contributed by atoms with Gasteiger partial charge in [-0.2, -0.15) is 5.10 Å². The highest BCUT2D eigenvalue weighted by Crippen LogP contribution is 2.13. The normalized spacial score (nSPS) is 10.2. The van der Waals surface area contributed by atoms with Gasteiger partial charge in [0.25, 0.3) is 0 Å². The summed E-state index contributed by atoms with van der Waals surface area (Å²) >= 11 is 4.80. The van der Waals surface area contributed by atoms with E-state index >= 15 is 0 Å². The molecule has 0 spiro atoms. The van der Waals surface area contributed by atoms with Crippen molar-refractivity contribution in [3.8, 4) is 0 Å². The van der Waals surface area contributed by atoms with Crippen molar-refractivity contribution in [2.24, 2.45) is 12.8 Å². The Morgan fingerprint density at radius 1 is 1.41 bits per heavy atom. The molecule has 3 N–H and O–H groups in total. The first kappa shape index (κ1) is 11.5. The lowest BCUT2D eigenvalue weighted by molar-refractivity contribution is 0.764. The maximum atomic E-state index is 5.44. The number of nitrogens with two attached hydrogens (primary N) is 1. The number of hydrogen-bond donors (Lipinski definition) is 2. The number of rotatable bonds is 3. The van der Waals surface area contributed by atoms with Crippen LogP contribution in [0, 0.1) is 6.92 Å². The Morgan fingerprint density at radius 2 is 2.18 bits per heavy atom. The number of thiocarbonyl (C=S) groups is 1. The van der Waals surface area contributed by atoms with E-state index in [0.717, 1.165) is 11.5 Å². The summed E-state index contributed by atoms with van der Waals surface area (Å²) in [7, 11) is 1.85. The molecule has 0 aliphatic rings. The second-order valence-corrected chi connectivity index (χ2v) is 4.01. The van der Waals surface area contributed by atoms with Gasteiger partial charge in [-0.15, -0.1) is 0 Å². The molecule has 0 radical (unpaired) electrons. The van der Waals surface area contributed by atoms with E-state index in [-0.39, 0.29) is 4.99 Å². The van der Waals surface area contributed by atoms with Gasteiger partial charge in [-0.1, -0.05) is 12.2 Å². The molecule has 7 heteroatoms. The van der Waals surface area contributed by atoms with Crippen LogP contribution in [0.15, 0.2) is 18.5 Å². The Hall–Kier alpha value is -2.02. The van der Waals surface area contributed by atoms with Gasteiger partial charge in [0, 0.05) is 13.1 Å². The summed E-state index contributed by atoms with van der Waals surface area (Å²) in [6.45, 7) is 1.92. The Bertz CT molecular complexity index is 544. The quantitative estimate of drug-likeness (QED) is 0.785. The second-order valence-electron chi connectivity index (χ2n) is 3.57. The number of hydrogen-bond acceptors (Lipinski definition) is 5. The Morgan fingerprint density at radius 3 is 2.65 bits per heavy atom. The SMILES string of the molecule is Cc1cc(Nc2cnc(C(N)=S)cn2)n(C)n1. The number of aromatic nitrogens is 4. The zero-order chi connectivity index (χ0) is 12.4. The van der Waals surface area contributed by atoms with Crippen molar-refractivity contribution in [2.75, 3.05) is 5.32 Å². The topological polar surface area (TPSA) is 81.6 Å². The summed E-state index contributed by atoms with van der Waals surface area (Å²) in [5.41, 5.74) is 6.88. The van der Waals surface area contributed by atoms with Crippen LogP contribution in [0.3, 0.4) is 0 Å². The molecular weight excluding hydrogens is 236 g/mol. The van der Waals surface area contributed by atoms with Crippen LogP contribution in [0.2, 0.25) is 0 Å². The highest BCUT2D eigenvalue weighted by atomic mass is 32.1. The van der Waals surface area contributed by atoms with E-state index in [9.17, 15) is 0 Å². The van der Waals surface area contributed by atoms with Crippen molar-refractivity contribution in [3.05, 3.63) is 29.8 Å². The van der Waals surface area contributed by atoms with Gasteiger partial charge >= 0.3 is 0 Å². The molecule has 6 nitrogen and oxygen atoms in total. The molecule has 0 aliphatic carbocycles. The molecule has 0 unspecified atom stereocenters. The molecular formula is C10H12N6S. The lowest BCUT2D eigenvalue weighted by Crippen LogP contribution is -2.12. The molecule has 0 bridgehead atoms. The van der Waals surface area contributed by atoms with E-state index in [0.29, 0.717) is 11.5 Å². The summed E-state index contributed by atoms with van der Waals surface area (Å²) in [6, 6.07) is 1.92. The smallest absolute Gasteiger partial charge is 0.150 e. The van der Waals surface area contributed by atoms with Crippen LogP contribution in [0.4, 0.5) is 11.6 Å². The monoisotopic (exact) mass is 248 g/mol. The number of nitrogens with zero attached hydrogens (tertiary/aromatic N) is 4. The van der Waals surface area contributed by atoms with Crippen molar-refractivity contribution in [2.45, 2.75) is 6.92 Å². The fourth-order valence-corrected chi connectivity index (χ4v) is 1.48. The van der Waals surface area contributed by atoms with E-state index in [4.69, 9.17) is 18.0 Å². The second kappa shape index (κ2) is 4.46. The standard InChI is InChI=1S/C10H12N6S/c1-6-3-9(16(2)15-6)14-8-5-12-7(4-13-8)10(11)17/h3-5H,1-2H3,(H2,11,17)(H,13,14). The molecule has 0 saturated carbocycles. The Labute approximate surface area is 104 Å². The maximum Gasteiger partial charge on any atom is 0.150 e. The average molecular weight is 248 g/mol. The molecule has 2 rings (SSSR count). The van der Waals surface area contributed by atoms with E-state index in [1.807, 2.05) is 20.0 Å². The van der Waals surface area contributed by atoms with Gasteiger partial charge in [0.2, 0.25) is 0 Å². The first-order chi connectivity index (χ1) is 8.06. The minimum atomic E-state index is 0.237. The van der Waals surface area contributed by atoms with Crippen LogP contribution in [0.1, 0.15) is 11.4 Å². The van der Waals surface area contributed by atoms with Gasteiger partial charge in [0.05, 0.1) is 18.1 Å². The van der Waals surface area contributed by atoms with E-state index in [1.165, 1.54) is 6.20 Å². The van der Waals surface area contributed by atoms with Crippen LogP contribution < -0.4 is 11.1 Å². The van der Waals surface area contributed by atoms with E-state index in [1.54, 1.807) is 10.9 Å². The predicted molar refractivity (Wildman–Crippen MR) is 69.1 cm³/mol. The zero-order valence-electron chi connectivity index (χ0n) is 9.51. The summed E-state index contributed by atoms with van der Waals surface area (Å²) in [5.74, 6) is 1.47. The summed E-state index contributed by atoms with van der Waals surface area (Å²) < 4.78 is 1.73. The molecule has 2 aromatic heterocycles. The van der Waals surface area contributed by atoms with Crippen molar-refractivity contribution in [1.82, 2.24) is 19.7 Å². The van der Waals surface area contributed by atoms with Gasteiger partial charge in [0.15, 0.2) is 0 Å².